The monoisotopic (exact) mass is 202 g/mol. The smallest absolute Gasteiger partial charge is 0.313 e. The van der Waals surface area contributed by atoms with E-state index in [9.17, 15) is 14.7 Å². The molecule has 1 N–H and O–H groups in total. The van der Waals surface area contributed by atoms with Gasteiger partial charge in [0.1, 0.15) is 17.8 Å². The van der Waals surface area contributed by atoms with Crippen LogP contribution in [0.4, 0.5) is 0 Å². The van der Waals surface area contributed by atoms with Crippen molar-refractivity contribution in [3.63, 3.8) is 0 Å². The molecule has 14 heavy (non-hydrogen) atoms. The Morgan fingerprint density at radius 1 is 1.50 bits per heavy atom. The summed E-state index contributed by atoms with van der Waals surface area (Å²) in [5.74, 6) is -0.851. The molecule has 0 radical (unpaired) electrons. The lowest BCUT2D eigenvalue weighted by molar-refractivity contribution is -0.184. The second-order valence-electron chi connectivity index (χ2n) is 3.41. The Morgan fingerprint density at radius 3 is 2.57 bits per heavy atom. The van der Waals surface area contributed by atoms with Crippen molar-refractivity contribution in [2.24, 2.45) is 0 Å². The molecule has 0 amide bonds. The minimum absolute atomic E-state index is 0.0359. The summed E-state index contributed by atoms with van der Waals surface area (Å²) in [4.78, 5) is 22.1. The van der Waals surface area contributed by atoms with E-state index in [0.717, 1.165) is 0 Å². The lowest BCUT2D eigenvalue weighted by Crippen LogP contribution is -2.51. The Balaban J connectivity index is 2.25. The van der Waals surface area contributed by atoms with E-state index in [1.807, 2.05) is 0 Å². The van der Waals surface area contributed by atoms with Gasteiger partial charge in [-0.3, -0.25) is 9.59 Å². The summed E-state index contributed by atoms with van der Waals surface area (Å²) in [6, 6.07) is 0. The zero-order chi connectivity index (χ0) is 10.6. The van der Waals surface area contributed by atoms with Crippen molar-refractivity contribution in [1.29, 1.82) is 0 Å². The number of aliphatic hydroxyl groups is 1. The van der Waals surface area contributed by atoms with E-state index < -0.39 is 11.6 Å². The highest BCUT2D eigenvalue weighted by Gasteiger charge is 2.38. The highest BCUT2D eigenvalue weighted by atomic mass is 16.5. The van der Waals surface area contributed by atoms with Crippen LogP contribution >= 0.6 is 0 Å². The molecule has 1 aliphatic heterocycles. The van der Waals surface area contributed by atoms with Gasteiger partial charge < -0.3 is 14.6 Å². The molecule has 1 aliphatic rings. The molecule has 5 nitrogen and oxygen atoms in total. The number of ketones is 1. The molecule has 0 atom stereocenters. The fourth-order valence-corrected chi connectivity index (χ4v) is 1.24. The van der Waals surface area contributed by atoms with Crippen molar-refractivity contribution in [3.05, 3.63) is 0 Å². The first-order chi connectivity index (χ1) is 6.56. The third-order valence-corrected chi connectivity index (χ3v) is 1.91. The molecule has 0 saturated carbocycles. The molecular weight excluding hydrogens is 188 g/mol. The molecule has 1 saturated heterocycles. The second kappa shape index (κ2) is 4.52. The van der Waals surface area contributed by atoms with E-state index in [-0.39, 0.29) is 38.4 Å². The molecule has 0 unspecified atom stereocenters. The van der Waals surface area contributed by atoms with Crippen LogP contribution in [0.25, 0.3) is 0 Å². The van der Waals surface area contributed by atoms with Crippen LogP contribution in [0.15, 0.2) is 0 Å². The van der Waals surface area contributed by atoms with Crippen molar-refractivity contribution < 1.29 is 24.2 Å². The largest absolute Gasteiger partial charge is 0.466 e. The molecule has 1 heterocycles. The number of rotatable bonds is 5. The lowest BCUT2D eigenvalue weighted by Gasteiger charge is -2.35. The molecule has 0 aromatic heterocycles. The van der Waals surface area contributed by atoms with E-state index in [0.29, 0.717) is 0 Å². The molecule has 5 heteroatoms. The molecule has 0 aromatic rings. The summed E-state index contributed by atoms with van der Waals surface area (Å²) in [5, 5.41) is 9.53. The Hall–Kier alpha value is -0.940. The Morgan fingerprint density at radius 2 is 2.14 bits per heavy atom. The zero-order valence-corrected chi connectivity index (χ0v) is 8.12. The number of hydrogen-bond donors (Lipinski definition) is 1. The number of esters is 1. The van der Waals surface area contributed by atoms with E-state index in [4.69, 9.17) is 4.74 Å². The first kappa shape index (κ1) is 11.1. The van der Waals surface area contributed by atoms with Gasteiger partial charge in [-0.2, -0.15) is 0 Å². The minimum atomic E-state index is -1.05. The summed E-state index contributed by atoms with van der Waals surface area (Å²) in [5.41, 5.74) is -1.05. The van der Waals surface area contributed by atoms with E-state index >= 15 is 0 Å². The van der Waals surface area contributed by atoms with Crippen molar-refractivity contribution >= 4 is 11.8 Å². The van der Waals surface area contributed by atoms with Crippen LogP contribution in [0, 0.1) is 0 Å². The minimum Gasteiger partial charge on any atom is -0.466 e. The molecule has 1 fully saturated rings. The normalized spacial score (nSPS) is 18.4. The number of hydrogen-bond acceptors (Lipinski definition) is 5. The molecular formula is C9H14O5. The average Bonchev–Trinajstić information content (AvgIpc) is 2.01. The highest BCUT2D eigenvalue weighted by Crippen LogP contribution is 2.21. The fourth-order valence-electron chi connectivity index (χ4n) is 1.24. The van der Waals surface area contributed by atoms with Gasteiger partial charge in [0, 0.05) is 6.42 Å². The van der Waals surface area contributed by atoms with Crippen LogP contribution in [0.1, 0.15) is 19.8 Å². The van der Waals surface area contributed by atoms with Gasteiger partial charge in [0.15, 0.2) is 0 Å². The maximum Gasteiger partial charge on any atom is 0.313 e. The van der Waals surface area contributed by atoms with Gasteiger partial charge in [-0.15, -0.1) is 0 Å². The van der Waals surface area contributed by atoms with Crippen molar-refractivity contribution in [3.8, 4) is 0 Å². The Kier molecular flexibility index (Phi) is 3.60. The third kappa shape index (κ3) is 3.08. The molecule has 0 spiro atoms. The van der Waals surface area contributed by atoms with E-state index in [1.54, 1.807) is 6.92 Å². The number of carbonyl (C=O) groups is 2. The van der Waals surface area contributed by atoms with Crippen LogP contribution in [0.5, 0.6) is 0 Å². The Bertz CT molecular complexity index is 231. The fraction of sp³-hybridized carbons (Fsp3) is 0.778. The SMILES string of the molecule is CCOC(=O)CC(=O)CC1(O)COC1. The van der Waals surface area contributed by atoms with Crippen LogP contribution in [-0.2, 0) is 19.1 Å². The summed E-state index contributed by atoms with van der Waals surface area (Å²) >= 11 is 0. The first-order valence-electron chi connectivity index (χ1n) is 4.53. The van der Waals surface area contributed by atoms with Crippen molar-refractivity contribution in [1.82, 2.24) is 0 Å². The maximum atomic E-state index is 11.2. The number of carbonyl (C=O) groups excluding carboxylic acids is 2. The van der Waals surface area contributed by atoms with Gasteiger partial charge in [0.2, 0.25) is 0 Å². The van der Waals surface area contributed by atoms with Gasteiger partial charge >= 0.3 is 5.97 Å². The predicted octanol–water partition coefficient (Wildman–Crippen LogP) is -0.340. The molecule has 0 bridgehead atoms. The van der Waals surface area contributed by atoms with E-state index in [2.05, 4.69) is 4.74 Å². The average molecular weight is 202 g/mol. The highest BCUT2D eigenvalue weighted by molar-refractivity contribution is 5.96. The molecule has 1 rings (SSSR count). The molecule has 0 aliphatic carbocycles. The summed E-state index contributed by atoms with van der Waals surface area (Å²) in [6.45, 7) is 2.28. The van der Waals surface area contributed by atoms with Gasteiger partial charge in [-0.1, -0.05) is 0 Å². The standard InChI is InChI=1S/C9H14O5/c1-2-14-8(11)3-7(10)4-9(12)5-13-6-9/h12H,2-6H2,1H3. The number of Topliss-reactive ketones (excluding diaryl/α,β-unsaturated/α-hetero) is 1. The number of ether oxygens (including phenoxy) is 2. The van der Waals surface area contributed by atoms with Gasteiger partial charge in [0.05, 0.1) is 19.8 Å². The zero-order valence-electron chi connectivity index (χ0n) is 8.12. The van der Waals surface area contributed by atoms with Crippen LogP contribution in [-0.4, -0.2) is 42.3 Å². The van der Waals surface area contributed by atoms with Gasteiger partial charge in [0.25, 0.3) is 0 Å². The summed E-state index contributed by atoms with van der Waals surface area (Å²) in [6.07, 6.45) is -0.304. The van der Waals surface area contributed by atoms with Crippen LogP contribution in [0.2, 0.25) is 0 Å². The van der Waals surface area contributed by atoms with Crippen LogP contribution < -0.4 is 0 Å². The maximum absolute atomic E-state index is 11.2. The first-order valence-corrected chi connectivity index (χ1v) is 4.53. The van der Waals surface area contributed by atoms with Crippen LogP contribution in [0.3, 0.4) is 0 Å². The van der Waals surface area contributed by atoms with Gasteiger partial charge in [-0.05, 0) is 6.92 Å². The Labute approximate surface area is 82.0 Å². The second-order valence-corrected chi connectivity index (χ2v) is 3.41. The van der Waals surface area contributed by atoms with Crippen molar-refractivity contribution in [2.45, 2.75) is 25.4 Å². The summed E-state index contributed by atoms with van der Waals surface area (Å²) in [7, 11) is 0. The van der Waals surface area contributed by atoms with Crippen molar-refractivity contribution in [2.75, 3.05) is 19.8 Å². The lowest BCUT2D eigenvalue weighted by atomic mass is 9.94. The van der Waals surface area contributed by atoms with E-state index in [1.165, 1.54) is 0 Å². The van der Waals surface area contributed by atoms with Gasteiger partial charge in [-0.25, -0.2) is 0 Å². The topological polar surface area (TPSA) is 72.8 Å². The molecule has 80 valence electrons. The third-order valence-electron chi connectivity index (χ3n) is 1.91. The quantitative estimate of drug-likeness (QED) is 0.487. The summed E-state index contributed by atoms with van der Waals surface area (Å²) < 4.78 is 9.38. The molecule has 0 aromatic carbocycles. The predicted molar refractivity (Wildman–Crippen MR) is 46.6 cm³/mol.